The second kappa shape index (κ2) is 5.45. The van der Waals surface area contributed by atoms with Gasteiger partial charge in [0.25, 0.3) is 11.5 Å². The van der Waals surface area contributed by atoms with Crippen LogP contribution in [-0.2, 0) is 6.54 Å². The van der Waals surface area contributed by atoms with Crippen molar-refractivity contribution in [2.45, 2.75) is 6.54 Å². The van der Waals surface area contributed by atoms with Crippen LogP contribution < -0.4 is 5.56 Å². The van der Waals surface area contributed by atoms with E-state index in [0.29, 0.717) is 20.7 Å². The minimum absolute atomic E-state index is 0.188. The Morgan fingerprint density at radius 1 is 1.48 bits per heavy atom. The number of aromatic nitrogens is 2. The van der Waals surface area contributed by atoms with E-state index in [0.717, 1.165) is 0 Å². The van der Waals surface area contributed by atoms with E-state index in [2.05, 4.69) is 25.9 Å². The van der Waals surface area contributed by atoms with Crippen molar-refractivity contribution in [2.75, 3.05) is 7.05 Å². The predicted molar refractivity (Wildman–Crippen MR) is 82.4 cm³/mol. The number of carbonyl (C=O) groups is 1. The van der Waals surface area contributed by atoms with Crippen molar-refractivity contribution < 1.29 is 9.21 Å². The molecule has 108 valence electrons. The van der Waals surface area contributed by atoms with E-state index in [-0.39, 0.29) is 23.8 Å². The van der Waals surface area contributed by atoms with Crippen molar-refractivity contribution in [2.24, 2.45) is 0 Å². The number of furan rings is 1. The Balaban J connectivity index is 1.84. The van der Waals surface area contributed by atoms with Gasteiger partial charge in [-0.15, -0.1) is 11.3 Å². The third-order valence-electron chi connectivity index (χ3n) is 2.88. The van der Waals surface area contributed by atoms with E-state index in [9.17, 15) is 9.59 Å². The first-order valence-corrected chi connectivity index (χ1v) is 7.69. The lowest BCUT2D eigenvalue weighted by molar-refractivity contribution is 0.0748. The van der Waals surface area contributed by atoms with E-state index in [1.54, 1.807) is 25.2 Å². The Morgan fingerprint density at radius 2 is 2.29 bits per heavy atom. The number of amides is 1. The van der Waals surface area contributed by atoms with Gasteiger partial charge in [0.2, 0.25) is 0 Å². The quantitative estimate of drug-likeness (QED) is 0.771. The van der Waals surface area contributed by atoms with Crippen molar-refractivity contribution in [3.05, 3.63) is 50.2 Å². The van der Waals surface area contributed by atoms with E-state index in [1.165, 1.54) is 16.2 Å². The van der Waals surface area contributed by atoms with Gasteiger partial charge in [0.15, 0.2) is 10.4 Å². The number of rotatable bonds is 3. The van der Waals surface area contributed by atoms with Crippen LogP contribution in [0, 0.1) is 0 Å². The summed E-state index contributed by atoms with van der Waals surface area (Å²) in [4.78, 5) is 32.5. The Bertz CT molecular complexity index is 867. The zero-order valence-corrected chi connectivity index (χ0v) is 13.3. The van der Waals surface area contributed by atoms with Crippen molar-refractivity contribution in [1.29, 1.82) is 0 Å². The topological polar surface area (TPSA) is 79.2 Å². The molecule has 0 aliphatic rings. The average molecular weight is 368 g/mol. The number of aromatic amines is 1. The molecule has 6 nitrogen and oxygen atoms in total. The largest absolute Gasteiger partial charge is 0.444 e. The summed E-state index contributed by atoms with van der Waals surface area (Å²) in [5, 5.41) is 1.81. The zero-order chi connectivity index (χ0) is 15.0. The number of nitrogens with zero attached hydrogens (tertiary/aromatic N) is 2. The Labute approximate surface area is 131 Å². The highest BCUT2D eigenvalue weighted by atomic mass is 79.9. The van der Waals surface area contributed by atoms with Gasteiger partial charge in [-0.05, 0) is 39.5 Å². The van der Waals surface area contributed by atoms with Crippen LogP contribution in [0.25, 0.3) is 10.2 Å². The SMILES string of the molecule is CN(Cc1nc2ccsc2c(=O)[nH]1)C(=O)c1ccc(Br)o1. The maximum Gasteiger partial charge on any atom is 0.289 e. The number of carbonyl (C=O) groups excluding carboxylic acids is 1. The molecule has 0 radical (unpaired) electrons. The molecule has 0 aliphatic heterocycles. The van der Waals surface area contributed by atoms with E-state index in [1.807, 2.05) is 5.38 Å². The third kappa shape index (κ3) is 2.77. The van der Waals surface area contributed by atoms with Crippen LogP contribution in [0.15, 0.2) is 37.5 Å². The second-order valence-corrected chi connectivity index (χ2v) is 6.11. The molecule has 0 spiro atoms. The molecule has 0 fully saturated rings. The van der Waals surface area contributed by atoms with Crippen molar-refractivity contribution >= 4 is 43.4 Å². The van der Waals surface area contributed by atoms with Gasteiger partial charge in [-0.25, -0.2) is 4.98 Å². The molecular formula is C13H10BrN3O3S. The zero-order valence-electron chi connectivity index (χ0n) is 10.9. The molecule has 1 amide bonds. The highest BCUT2D eigenvalue weighted by molar-refractivity contribution is 9.10. The summed E-state index contributed by atoms with van der Waals surface area (Å²) in [7, 11) is 1.62. The molecule has 0 unspecified atom stereocenters. The lowest BCUT2D eigenvalue weighted by Gasteiger charge is -2.14. The summed E-state index contributed by atoms with van der Waals surface area (Å²) in [6, 6.07) is 5.02. The van der Waals surface area contributed by atoms with Crippen LogP contribution in [0.4, 0.5) is 0 Å². The minimum Gasteiger partial charge on any atom is -0.444 e. The molecule has 3 aromatic rings. The van der Waals surface area contributed by atoms with E-state index in [4.69, 9.17) is 4.42 Å². The Kier molecular flexibility index (Phi) is 3.64. The van der Waals surface area contributed by atoms with Crippen molar-refractivity contribution in [3.8, 4) is 0 Å². The summed E-state index contributed by atoms with van der Waals surface area (Å²) in [6.45, 7) is 0.193. The second-order valence-electron chi connectivity index (χ2n) is 4.41. The first-order valence-electron chi connectivity index (χ1n) is 6.02. The number of hydrogen-bond acceptors (Lipinski definition) is 5. The van der Waals surface area contributed by atoms with Crippen LogP contribution in [0.2, 0.25) is 0 Å². The summed E-state index contributed by atoms with van der Waals surface area (Å²) < 4.78 is 6.30. The first kappa shape index (κ1) is 14.0. The van der Waals surface area contributed by atoms with Crippen molar-refractivity contribution in [3.63, 3.8) is 0 Å². The van der Waals surface area contributed by atoms with Crippen LogP contribution in [0.3, 0.4) is 0 Å². The van der Waals surface area contributed by atoms with Gasteiger partial charge in [0.05, 0.1) is 12.1 Å². The molecule has 21 heavy (non-hydrogen) atoms. The predicted octanol–water partition coefficient (Wildman–Crippen LogP) is 2.61. The van der Waals surface area contributed by atoms with E-state index >= 15 is 0 Å². The number of hydrogen-bond donors (Lipinski definition) is 1. The summed E-state index contributed by atoms with van der Waals surface area (Å²) in [5.41, 5.74) is 0.451. The van der Waals surface area contributed by atoms with Gasteiger partial charge in [0, 0.05) is 7.05 Å². The fourth-order valence-corrected chi connectivity index (χ4v) is 2.94. The van der Waals surface area contributed by atoms with Gasteiger partial charge in [-0.2, -0.15) is 0 Å². The first-order chi connectivity index (χ1) is 10.0. The molecule has 8 heteroatoms. The molecular weight excluding hydrogens is 358 g/mol. The number of halogens is 1. The summed E-state index contributed by atoms with van der Waals surface area (Å²) >= 11 is 4.49. The Morgan fingerprint density at radius 3 is 3.00 bits per heavy atom. The molecule has 0 saturated heterocycles. The molecule has 3 heterocycles. The smallest absolute Gasteiger partial charge is 0.289 e. The maximum absolute atomic E-state index is 12.2. The number of nitrogens with one attached hydrogen (secondary N) is 1. The van der Waals surface area contributed by atoms with Crippen LogP contribution in [-0.4, -0.2) is 27.8 Å². The average Bonchev–Trinajstić information content (AvgIpc) is 3.06. The summed E-state index contributed by atoms with van der Waals surface area (Å²) in [5.74, 6) is 0.379. The molecule has 1 N–H and O–H groups in total. The number of H-pyrrole nitrogens is 1. The van der Waals surface area contributed by atoms with Crippen LogP contribution in [0.1, 0.15) is 16.4 Å². The van der Waals surface area contributed by atoms with Crippen molar-refractivity contribution in [1.82, 2.24) is 14.9 Å². The molecule has 0 atom stereocenters. The van der Waals surface area contributed by atoms with Gasteiger partial charge < -0.3 is 14.3 Å². The fourth-order valence-electron chi connectivity index (χ4n) is 1.91. The molecule has 0 bridgehead atoms. The van der Waals surface area contributed by atoms with Gasteiger partial charge >= 0.3 is 0 Å². The molecule has 0 aliphatic carbocycles. The third-order valence-corrected chi connectivity index (χ3v) is 4.21. The van der Waals surface area contributed by atoms with Gasteiger partial charge in [-0.3, -0.25) is 9.59 Å². The monoisotopic (exact) mass is 367 g/mol. The highest BCUT2D eigenvalue weighted by Gasteiger charge is 2.17. The van der Waals surface area contributed by atoms with Gasteiger partial charge in [-0.1, -0.05) is 0 Å². The van der Waals surface area contributed by atoms with Crippen LogP contribution in [0.5, 0.6) is 0 Å². The standard InChI is InChI=1S/C13H10BrN3O3S/c1-17(13(19)8-2-3-9(14)20-8)6-10-15-7-4-5-21-11(7)12(18)16-10/h2-5H,6H2,1H3,(H,15,16,18). The molecule has 3 rings (SSSR count). The lowest BCUT2D eigenvalue weighted by atomic mass is 10.3. The minimum atomic E-state index is -0.284. The fraction of sp³-hybridized carbons (Fsp3) is 0.154. The van der Waals surface area contributed by atoms with Crippen LogP contribution >= 0.6 is 27.3 Å². The Hall–Kier alpha value is -1.93. The number of thiophene rings is 1. The van der Waals surface area contributed by atoms with E-state index < -0.39 is 0 Å². The lowest BCUT2D eigenvalue weighted by Crippen LogP contribution is -2.27. The highest BCUT2D eigenvalue weighted by Crippen LogP contribution is 2.17. The number of fused-ring (bicyclic) bond motifs is 1. The molecule has 0 saturated carbocycles. The summed E-state index contributed by atoms with van der Waals surface area (Å²) in [6.07, 6.45) is 0. The molecule has 3 aromatic heterocycles. The normalized spacial score (nSPS) is 11.0. The van der Waals surface area contributed by atoms with Gasteiger partial charge in [0.1, 0.15) is 10.5 Å². The molecule has 0 aromatic carbocycles. The maximum atomic E-state index is 12.2.